The number of benzene rings is 12. The van der Waals surface area contributed by atoms with E-state index in [0.29, 0.717) is 0 Å². The summed E-state index contributed by atoms with van der Waals surface area (Å²) in [6.45, 7) is 14.1. The van der Waals surface area contributed by atoms with Crippen molar-refractivity contribution in [2.24, 2.45) is 17.8 Å². The van der Waals surface area contributed by atoms with Crippen LogP contribution in [0.1, 0.15) is 96.8 Å². The van der Waals surface area contributed by atoms with Gasteiger partial charge in [0.2, 0.25) is 0 Å². The van der Waals surface area contributed by atoms with E-state index in [1.807, 2.05) is 0 Å². The maximum atomic E-state index is 2.82. The van der Waals surface area contributed by atoms with Crippen molar-refractivity contribution in [2.45, 2.75) is 96.3 Å². The van der Waals surface area contributed by atoms with Crippen molar-refractivity contribution in [1.82, 2.24) is 4.57 Å². The molecule has 456 valence electrons. The Kier molecular flexibility index (Phi) is 13.0. The normalized spacial score (nSPS) is 18.6. The van der Waals surface area contributed by atoms with Crippen LogP contribution in [0.3, 0.4) is 0 Å². The molecule has 0 radical (unpaired) electrons. The average Bonchev–Trinajstić information content (AvgIpc) is 0.759. The van der Waals surface area contributed by atoms with E-state index >= 15 is 0 Å². The smallest absolute Gasteiger partial charge is 0.252 e. The van der Waals surface area contributed by atoms with E-state index in [-0.39, 0.29) is 23.0 Å². The van der Waals surface area contributed by atoms with Crippen molar-refractivity contribution >= 4 is 79.0 Å². The molecule has 3 nitrogen and oxygen atoms in total. The molecule has 6 aliphatic rings. The van der Waals surface area contributed by atoms with Crippen LogP contribution in [0.4, 0.5) is 34.1 Å². The lowest BCUT2D eigenvalue weighted by atomic mass is 9.33. The molecular weight excluding hydrogens is 1130 g/mol. The number of aromatic nitrogens is 1. The number of para-hydroxylation sites is 2. The fourth-order valence-electron chi connectivity index (χ4n) is 18.3. The molecular formula is C90H78BN3. The fraction of sp³-hybridized carbons (Fsp3) is 0.200. The van der Waals surface area contributed by atoms with E-state index in [9.17, 15) is 0 Å². The minimum absolute atomic E-state index is 0.0194. The fourth-order valence-corrected chi connectivity index (χ4v) is 18.3. The molecule has 4 aliphatic carbocycles. The van der Waals surface area contributed by atoms with Gasteiger partial charge in [0.25, 0.3) is 6.71 Å². The van der Waals surface area contributed by atoms with Crippen LogP contribution in [-0.4, -0.2) is 11.3 Å². The highest BCUT2D eigenvalue weighted by atomic mass is 15.2. The third-order valence-electron chi connectivity index (χ3n) is 22.4. The molecule has 0 N–H and O–H groups in total. The summed E-state index contributed by atoms with van der Waals surface area (Å²) in [6, 6.07) is 105. The second-order valence-corrected chi connectivity index (χ2v) is 30.3. The van der Waals surface area contributed by atoms with Crippen LogP contribution in [0, 0.1) is 17.8 Å². The van der Waals surface area contributed by atoms with Gasteiger partial charge < -0.3 is 14.4 Å². The minimum atomic E-state index is -0.157. The second kappa shape index (κ2) is 21.6. The number of hydrogen-bond donors (Lipinski definition) is 0. The Labute approximate surface area is 555 Å². The van der Waals surface area contributed by atoms with Crippen molar-refractivity contribution in [3.8, 4) is 61.3 Å². The third kappa shape index (κ3) is 9.14. The zero-order valence-electron chi connectivity index (χ0n) is 54.9. The summed E-state index contributed by atoms with van der Waals surface area (Å²) in [5.41, 5.74) is 30.9. The Bertz CT molecular complexity index is 4920. The van der Waals surface area contributed by atoms with Gasteiger partial charge in [-0.05, 0) is 206 Å². The summed E-state index contributed by atoms with van der Waals surface area (Å²) in [5, 5.41) is 2.52. The van der Waals surface area contributed by atoms with E-state index < -0.39 is 0 Å². The Hall–Kier alpha value is -9.90. The molecule has 1 aromatic heterocycles. The van der Waals surface area contributed by atoms with Crippen molar-refractivity contribution in [3.63, 3.8) is 0 Å². The molecule has 4 saturated carbocycles. The summed E-state index contributed by atoms with van der Waals surface area (Å²) in [5.74, 6) is 2.21. The van der Waals surface area contributed by atoms with Gasteiger partial charge in [-0.15, -0.1) is 0 Å². The molecule has 0 atom stereocenters. The number of rotatable bonds is 9. The number of hydrogen-bond acceptors (Lipinski definition) is 2. The lowest BCUT2D eigenvalue weighted by Gasteiger charge is -2.57. The molecule has 94 heavy (non-hydrogen) atoms. The van der Waals surface area contributed by atoms with Crippen LogP contribution in [0.15, 0.2) is 273 Å². The molecule has 13 aromatic rings. The lowest BCUT2D eigenvalue weighted by Crippen LogP contribution is -2.61. The monoisotopic (exact) mass is 1210 g/mol. The molecule has 3 heterocycles. The van der Waals surface area contributed by atoms with Crippen molar-refractivity contribution in [1.29, 1.82) is 0 Å². The van der Waals surface area contributed by atoms with Gasteiger partial charge in [0.1, 0.15) is 0 Å². The van der Waals surface area contributed by atoms with Crippen LogP contribution in [0.2, 0.25) is 0 Å². The van der Waals surface area contributed by atoms with Crippen LogP contribution in [0.5, 0.6) is 0 Å². The SMILES string of the molecule is CC(C)(C)c1cc(-c2ccccc2)c(N2c3cc(-c4ccccc4)ccc3B3c4ccc(-n5c6ccccc6c6ccccc65)cc4N(c4c(-c5ccccc5)cc(C(C)(C)C)cc4-c4ccccc4)c4cc(C56CC7CC(CC(C7)C5)C6)cc2c43)c(-c2ccccc2)c1. The maximum absolute atomic E-state index is 2.82. The molecule has 0 spiro atoms. The Morgan fingerprint density at radius 1 is 0.340 bits per heavy atom. The summed E-state index contributed by atoms with van der Waals surface area (Å²) in [7, 11) is 0. The van der Waals surface area contributed by atoms with E-state index in [4.69, 9.17) is 0 Å². The first kappa shape index (κ1) is 56.8. The first-order chi connectivity index (χ1) is 45.8. The summed E-state index contributed by atoms with van der Waals surface area (Å²) >= 11 is 0. The van der Waals surface area contributed by atoms with Crippen molar-refractivity contribution in [3.05, 3.63) is 290 Å². The zero-order chi connectivity index (χ0) is 63.2. The van der Waals surface area contributed by atoms with E-state index in [2.05, 4.69) is 329 Å². The zero-order valence-corrected chi connectivity index (χ0v) is 54.9. The second-order valence-electron chi connectivity index (χ2n) is 30.3. The van der Waals surface area contributed by atoms with E-state index in [1.54, 1.807) is 0 Å². The summed E-state index contributed by atoms with van der Waals surface area (Å²) < 4.78 is 2.54. The number of nitrogens with zero attached hydrogens (tertiary/aromatic N) is 3. The van der Waals surface area contributed by atoms with Crippen LogP contribution >= 0.6 is 0 Å². The van der Waals surface area contributed by atoms with Crippen LogP contribution in [-0.2, 0) is 16.2 Å². The predicted molar refractivity (Wildman–Crippen MR) is 399 cm³/mol. The highest BCUT2D eigenvalue weighted by Gasteiger charge is 2.54. The van der Waals surface area contributed by atoms with Crippen LogP contribution in [0.25, 0.3) is 83.1 Å². The average molecular weight is 1210 g/mol. The molecule has 4 heteroatoms. The largest absolute Gasteiger partial charge is 0.310 e. The Morgan fingerprint density at radius 2 is 0.702 bits per heavy atom. The van der Waals surface area contributed by atoms with E-state index in [0.717, 1.165) is 23.4 Å². The van der Waals surface area contributed by atoms with Crippen molar-refractivity contribution in [2.75, 3.05) is 9.80 Å². The minimum Gasteiger partial charge on any atom is -0.310 e. The predicted octanol–water partition coefficient (Wildman–Crippen LogP) is 22.3. The quantitative estimate of drug-likeness (QED) is 0.133. The Balaban J connectivity index is 1.04. The topological polar surface area (TPSA) is 11.4 Å². The Morgan fingerprint density at radius 3 is 1.11 bits per heavy atom. The van der Waals surface area contributed by atoms with Gasteiger partial charge >= 0.3 is 0 Å². The van der Waals surface area contributed by atoms with Crippen LogP contribution < -0.4 is 26.2 Å². The molecule has 0 amide bonds. The highest BCUT2D eigenvalue weighted by molar-refractivity contribution is 7.00. The molecule has 4 fully saturated rings. The molecule has 2 aliphatic heterocycles. The van der Waals surface area contributed by atoms with Gasteiger partial charge in [-0.3, -0.25) is 0 Å². The van der Waals surface area contributed by atoms with E-state index in [1.165, 1.54) is 183 Å². The molecule has 19 rings (SSSR count). The van der Waals surface area contributed by atoms with Gasteiger partial charge in [-0.25, -0.2) is 0 Å². The van der Waals surface area contributed by atoms with Crippen molar-refractivity contribution < 1.29 is 0 Å². The molecule has 12 aromatic carbocycles. The molecule has 0 saturated heterocycles. The third-order valence-corrected chi connectivity index (χ3v) is 22.4. The summed E-state index contributed by atoms with van der Waals surface area (Å²) in [6.07, 6.45) is 7.81. The number of fused-ring (bicyclic) bond motifs is 7. The van der Waals surface area contributed by atoms with Gasteiger partial charge in [-0.1, -0.05) is 248 Å². The summed E-state index contributed by atoms with van der Waals surface area (Å²) in [4.78, 5) is 5.64. The standard InChI is InChI=1S/C90H78BN3/c1-88(2,3)67-48-73(62-28-14-8-15-29-62)86(74(49-67)63-30-16-9-17-31-63)93-81-47-66(61-26-12-7-13-27-61)40-42-77(81)91-78-43-41-70(92-79-38-24-22-36-71(79)72-37-23-25-39-80(72)92)54-82(78)94(84-53-69(52-83(93)85(84)91)90-55-58-44-59(56-90)46-60(45-58)57-90)87-75(64-32-18-10-19-33-64)50-68(89(4,5)6)51-76(87)65-34-20-11-21-35-65/h7-43,47-54,58-60H,44-46,55-57H2,1-6H3. The maximum Gasteiger partial charge on any atom is 0.252 e. The number of anilines is 6. The first-order valence-electron chi connectivity index (χ1n) is 34.5. The molecule has 0 unspecified atom stereocenters. The van der Waals surface area contributed by atoms with Gasteiger partial charge in [-0.2, -0.15) is 0 Å². The van der Waals surface area contributed by atoms with Gasteiger partial charge in [0, 0.05) is 61.5 Å². The first-order valence-corrected chi connectivity index (χ1v) is 34.5. The molecule has 4 bridgehead atoms. The lowest BCUT2D eigenvalue weighted by molar-refractivity contribution is -0.00514. The van der Waals surface area contributed by atoms with Gasteiger partial charge in [0.15, 0.2) is 0 Å². The highest BCUT2D eigenvalue weighted by Crippen LogP contribution is 2.63. The van der Waals surface area contributed by atoms with Gasteiger partial charge in [0.05, 0.1) is 22.4 Å².